The zero-order valence-electron chi connectivity index (χ0n) is 15.1. The third-order valence-corrected chi connectivity index (χ3v) is 4.67. The maximum absolute atomic E-state index is 4.67. The van der Waals surface area contributed by atoms with E-state index in [1.165, 1.54) is 0 Å². The Morgan fingerprint density at radius 1 is 1.27 bits per heavy atom. The Morgan fingerprint density at radius 3 is 3.12 bits per heavy atom. The van der Waals surface area contributed by atoms with Gasteiger partial charge in [0.2, 0.25) is 0 Å². The second-order valence-corrected chi connectivity index (χ2v) is 6.95. The zero-order chi connectivity index (χ0) is 17.9. The van der Waals surface area contributed by atoms with E-state index in [1.54, 1.807) is 0 Å². The average Bonchev–Trinajstić information content (AvgIpc) is 3.00. The molecule has 3 heterocycles. The van der Waals surface area contributed by atoms with Crippen LogP contribution in [0.2, 0.25) is 0 Å². The summed E-state index contributed by atoms with van der Waals surface area (Å²) in [4.78, 5) is 13.7. The molecule has 3 N–H and O–H groups in total. The molecule has 1 unspecified atom stereocenters. The Labute approximate surface area is 152 Å². The smallest absolute Gasteiger partial charge is 0.251 e. The molecule has 7 heteroatoms. The van der Waals surface area contributed by atoms with Crippen molar-refractivity contribution in [2.45, 2.75) is 26.7 Å². The summed E-state index contributed by atoms with van der Waals surface area (Å²) in [6.07, 6.45) is 5.77. The van der Waals surface area contributed by atoms with Crippen molar-refractivity contribution in [3.63, 3.8) is 0 Å². The number of benzene rings is 1. The van der Waals surface area contributed by atoms with Crippen LogP contribution in [0.25, 0.3) is 10.9 Å². The molecule has 4 rings (SSSR count). The number of aliphatic imine (C=N–C) groups is 1. The van der Waals surface area contributed by atoms with Crippen LogP contribution in [0, 0.1) is 12.8 Å². The van der Waals surface area contributed by atoms with E-state index >= 15 is 0 Å². The molecule has 2 aromatic heterocycles. The Morgan fingerprint density at radius 2 is 2.19 bits per heavy atom. The Kier molecular flexibility index (Phi) is 4.62. The molecule has 3 aromatic rings. The van der Waals surface area contributed by atoms with Crippen molar-refractivity contribution in [3.05, 3.63) is 36.2 Å². The Hall–Kier alpha value is -2.80. The lowest BCUT2D eigenvalue weighted by Crippen LogP contribution is -2.22. The summed E-state index contributed by atoms with van der Waals surface area (Å²) in [6.45, 7) is 6.10. The first-order chi connectivity index (χ1) is 12.7. The number of aromatic nitrogens is 4. The van der Waals surface area contributed by atoms with E-state index in [9.17, 15) is 0 Å². The van der Waals surface area contributed by atoms with Crippen LogP contribution in [-0.4, -0.2) is 39.0 Å². The number of nitrogens with zero attached hydrogens (tertiary/aromatic N) is 4. The van der Waals surface area contributed by atoms with Crippen molar-refractivity contribution in [1.82, 2.24) is 25.5 Å². The van der Waals surface area contributed by atoms with Gasteiger partial charge in [0.05, 0.1) is 11.7 Å². The summed E-state index contributed by atoms with van der Waals surface area (Å²) in [5.74, 6) is 1.96. The standard InChI is InChI=1S/C19H23N7/c1-12-3-4-16(11-20-8-12)24-19-21-9-13(2)18(25-19)23-15-5-6-17-14(7-15)10-22-26-17/h5-7,9-10,12,20H,3-4,8,11H2,1-2H3,(H,22,26)(H,21,23,25)/b24-16-. The topological polar surface area (TPSA) is 90.9 Å². The van der Waals surface area contributed by atoms with Crippen molar-refractivity contribution >= 4 is 34.1 Å². The number of nitrogens with one attached hydrogen (secondary N) is 3. The predicted molar refractivity (Wildman–Crippen MR) is 105 cm³/mol. The summed E-state index contributed by atoms with van der Waals surface area (Å²) < 4.78 is 0. The minimum atomic E-state index is 0.508. The van der Waals surface area contributed by atoms with Gasteiger partial charge in [-0.1, -0.05) is 6.92 Å². The van der Waals surface area contributed by atoms with Crippen LogP contribution in [0.5, 0.6) is 0 Å². The second-order valence-electron chi connectivity index (χ2n) is 6.95. The monoisotopic (exact) mass is 349 g/mol. The number of aryl methyl sites for hydroxylation is 1. The third kappa shape index (κ3) is 3.72. The van der Waals surface area contributed by atoms with Crippen LogP contribution in [0.3, 0.4) is 0 Å². The van der Waals surface area contributed by atoms with E-state index in [2.05, 4.69) is 42.7 Å². The van der Waals surface area contributed by atoms with Gasteiger partial charge < -0.3 is 10.6 Å². The Balaban J connectivity index is 1.57. The lowest BCUT2D eigenvalue weighted by atomic mass is 10.1. The van der Waals surface area contributed by atoms with Crippen LogP contribution in [0.1, 0.15) is 25.3 Å². The minimum absolute atomic E-state index is 0.508. The number of rotatable bonds is 3. The van der Waals surface area contributed by atoms with Gasteiger partial charge in [-0.25, -0.2) is 9.98 Å². The summed E-state index contributed by atoms with van der Waals surface area (Å²) in [5.41, 5.74) is 4.07. The summed E-state index contributed by atoms with van der Waals surface area (Å²) in [7, 11) is 0. The molecule has 134 valence electrons. The molecule has 0 saturated carbocycles. The first-order valence-corrected chi connectivity index (χ1v) is 8.98. The number of H-pyrrole nitrogens is 1. The molecule has 0 spiro atoms. The fourth-order valence-corrected chi connectivity index (χ4v) is 3.07. The molecule has 7 nitrogen and oxygen atoms in total. The molecule has 1 aromatic carbocycles. The molecule has 1 fully saturated rings. The van der Waals surface area contributed by atoms with Crippen molar-refractivity contribution in [2.75, 3.05) is 18.4 Å². The molecule has 0 bridgehead atoms. The molecule has 0 amide bonds. The van der Waals surface area contributed by atoms with Gasteiger partial charge in [0.1, 0.15) is 5.82 Å². The molecule has 0 aliphatic carbocycles. The number of hydrogen-bond donors (Lipinski definition) is 3. The van der Waals surface area contributed by atoms with Crippen LogP contribution in [0.4, 0.5) is 17.5 Å². The van der Waals surface area contributed by atoms with E-state index in [0.29, 0.717) is 11.9 Å². The van der Waals surface area contributed by atoms with E-state index in [4.69, 9.17) is 0 Å². The largest absolute Gasteiger partial charge is 0.340 e. The minimum Gasteiger partial charge on any atom is -0.340 e. The van der Waals surface area contributed by atoms with E-state index in [-0.39, 0.29) is 0 Å². The Bertz CT molecular complexity index is 944. The maximum atomic E-state index is 4.67. The summed E-state index contributed by atoms with van der Waals surface area (Å²) in [5, 5.41) is 14.9. The van der Waals surface area contributed by atoms with Gasteiger partial charge in [0, 0.05) is 35.1 Å². The molecule has 1 aliphatic rings. The maximum Gasteiger partial charge on any atom is 0.251 e. The van der Waals surface area contributed by atoms with Crippen molar-refractivity contribution in [1.29, 1.82) is 0 Å². The van der Waals surface area contributed by atoms with E-state index in [0.717, 1.165) is 59.6 Å². The van der Waals surface area contributed by atoms with Gasteiger partial charge in [-0.05, 0) is 50.4 Å². The van der Waals surface area contributed by atoms with Crippen molar-refractivity contribution in [3.8, 4) is 0 Å². The van der Waals surface area contributed by atoms with Gasteiger partial charge >= 0.3 is 0 Å². The van der Waals surface area contributed by atoms with E-state index in [1.807, 2.05) is 37.5 Å². The van der Waals surface area contributed by atoms with Crippen LogP contribution >= 0.6 is 0 Å². The highest BCUT2D eigenvalue weighted by molar-refractivity contribution is 5.88. The van der Waals surface area contributed by atoms with Gasteiger partial charge in [0.15, 0.2) is 0 Å². The van der Waals surface area contributed by atoms with Gasteiger partial charge in [0.25, 0.3) is 5.95 Å². The number of hydrogen-bond acceptors (Lipinski definition) is 6. The van der Waals surface area contributed by atoms with Crippen LogP contribution in [-0.2, 0) is 0 Å². The molecule has 1 atom stereocenters. The molecule has 1 aliphatic heterocycles. The lowest BCUT2D eigenvalue weighted by molar-refractivity contribution is 0.527. The zero-order valence-corrected chi connectivity index (χ0v) is 15.1. The SMILES string of the molecule is Cc1cnc(/N=C2/CCC(C)CNC2)nc1Nc1ccc2[nH]ncc2c1. The van der Waals surface area contributed by atoms with Crippen molar-refractivity contribution < 1.29 is 0 Å². The van der Waals surface area contributed by atoms with Crippen molar-refractivity contribution in [2.24, 2.45) is 10.9 Å². The predicted octanol–water partition coefficient (Wildman–Crippen LogP) is 3.50. The first kappa shape index (κ1) is 16.7. The number of anilines is 2. The number of aromatic amines is 1. The summed E-state index contributed by atoms with van der Waals surface area (Å²) >= 11 is 0. The molecule has 0 radical (unpaired) electrons. The highest BCUT2D eigenvalue weighted by atomic mass is 15.1. The second kappa shape index (κ2) is 7.21. The molecular weight excluding hydrogens is 326 g/mol. The highest BCUT2D eigenvalue weighted by Crippen LogP contribution is 2.23. The summed E-state index contributed by atoms with van der Waals surface area (Å²) in [6, 6.07) is 6.05. The number of fused-ring (bicyclic) bond motifs is 1. The fourth-order valence-electron chi connectivity index (χ4n) is 3.07. The van der Waals surface area contributed by atoms with Gasteiger partial charge in [-0.3, -0.25) is 5.10 Å². The van der Waals surface area contributed by atoms with Crippen LogP contribution < -0.4 is 10.6 Å². The fraction of sp³-hybridized carbons (Fsp3) is 0.368. The first-order valence-electron chi connectivity index (χ1n) is 8.98. The molecule has 1 saturated heterocycles. The average molecular weight is 349 g/mol. The highest BCUT2D eigenvalue weighted by Gasteiger charge is 2.12. The van der Waals surface area contributed by atoms with E-state index < -0.39 is 0 Å². The lowest BCUT2D eigenvalue weighted by Gasteiger charge is -2.09. The normalized spacial score (nSPS) is 19.6. The van der Waals surface area contributed by atoms with Gasteiger partial charge in [-0.2, -0.15) is 10.1 Å². The third-order valence-electron chi connectivity index (χ3n) is 4.67. The van der Waals surface area contributed by atoms with Gasteiger partial charge in [-0.15, -0.1) is 0 Å². The molecular formula is C19H23N7. The quantitative estimate of drug-likeness (QED) is 0.673. The van der Waals surface area contributed by atoms with Crippen LogP contribution in [0.15, 0.2) is 35.6 Å². The molecule has 26 heavy (non-hydrogen) atoms.